The molecular weight excluding hydrogens is 232 g/mol. The summed E-state index contributed by atoms with van der Waals surface area (Å²) in [6.07, 6.45) is 8.41. The largest absolute Gasteiger partial charge is 0.300 e. The number of Topliss-reactive ketones (excluding diaryl/α,β-unsaturated/α-hetero) is 1. The monoisotopic (exact) mass is 262 g/mol. The normalized spacial score (nSPS) is 48.7. The molecule has 3 saturated carbocycles. The van der Waals surface area contributed by atoms with Crippen LogP contribution in [0.25, 0.3) is 0 Å². The van der Waals surface area contributed by atoms with Gasteiger partial charge in [-0.1, -0.05) is 34.1 Å². The van der Waals surface area contributed by atoms with E-state index in [1.54, 1.807) is 0 Å². The van der Waals surface area contributed by atoms with E-state index in [1.165, 1.54) is 25.7 Å². The van der Waals surface area contributed by atoms with Gasteiger partial charge in [-0.3, -0.25) is 4.79 Å². The molecule has 0 amide bonds. The van der Waals surface area contributed by atoms with Crippen molar-refractivity contribution in [1.29, 1.82) is 0 Å². The lowest BCUT2D eigenvalue weighted by atomic mass is 9.58. The number of hydrogen-bond acceptors (Lipinski definition) is 1. The van der Waals surface area contributed by atoms with Crippen LogP contribution in [0.3, 0.4) is 0 Å². The van der Waals surface area contributed by atoms with Gasteiger partial charge in [-0.2, -0.15) is 0 Å². The highest BCUT2D eigenvalue weighted by molar-refractivity contribution is 5.79. The standard InChI is InChI=1S/C18H30O/c1-5-12-6-7-14(19)11-15(12)16-10-13-8-9-18(16,4)17(13,2)3/h12-13,15-16H,5-11H2,1-4H3/t12?,13-,15?,16+,18+/m0/s1. The summed E-state index contributed by atoms with van der Waals surface area (Å²) in [4.78, 5) is 12.0. The SMILES string of the molecule is CCC1CCC(=O)CC1[C@H]1C[C@@H]2CC[C@@]1(C)C2(C)C. The predicted molar refractivity (Wildman–Crippen MR) is 78.8 cm³/mol. The number of rotatable bonds is 2. The Bertz CT molecular complexity index is 383. The Hall–Kier alpha value is -0.330. The molecule has 3 aliphatic carbocycles. The second kappa shape index (κ2) is 4.33. The van der Waals surface area contributed by atoms with E-state index in [2.05, 4.69) is 27.7 Å². The Morgan fingerprint density at radius 1 is 1.21 bits per heavy atom. The molecule has 108 valence electrons. The Balaban J connectivity index is 1.88. The maximum Gasteiger partial charge on any atom is 0.133 e. The number of hydrogen-bond donors (Lipinski definition) is 0. The quantitative estimate of drug-likeness (QED) is 0.695. The van der Waals surface area contributed by atoms with E-state index in [0.717, 1.165) is 37.0 Å². The van der Waals surface area contributed by atoms with Crippen LogP contribution < -0.4 is 0 Å². The van der Waals surface area contributed by atoms with E-state index in [4.69, 9.17) is 0 Å². The third-order valence-corrected chi connectivity index (χ3v) is 7.77. The molecule has 0 aliphatic heterocycles. The lowest BCUT2D eigenvalue weighted by Crippen LogP contribution is -2.40. The van der Waals surface area contributed by atoms with E-state index in [-0.39, 0.29) is 0 Å². The molecule has 0 aromatic rings. The molecule has 0 heterocycles. The highest BCUT2D eigenvalue weighted by Crippen LogP contribution is 2.70. The van der Waals surface area contributed by atoms with Crippen LogP contribution in [-0.2, 0) is 4.79 Å². The molecule has 3 aliphatic rings. The molecule has 0 aromatic carbocycles. The maximum atomic E-state index is 12.0. The summed E-state index contributed by atoms with van der Waals surface area (Å²) in [6, 6.07) is 0. The van der Waals surface area contributed by atoms with Gasteiger partial charge in [0.15, 0.2) is 0 Å². The van der Waals surface area contributed by atoms with Crippen LogP contribution in [-0.4, -0.2) is 5.78 Å². The smallest absolute Gasteiger partial charge is 0.133 e. The summed E-state index contributed by atoms with van der Waals surface area (Å²) >= 11 is 0. The molecule has 2 unspecified atom stereocenters. The highest BCUT2D eigenvalue weighted by atomic mass is 16.1. The van der Waals surface area contributed by atoms with Crippen molar-refractivity contribution in [3.63, 3.8) is 0 Å². The zero-order valence-electron chi connectivity index (χ0n) is 13.2. The highest BCUT2D eigenvalue weighted by Gasteiger charge is 2.63. The van der Waals surface area contributed by atoms with Gasteiger partial charge in [0.1, 0.15) is 5.78 Å². The summed E-state index contributed by atoms with van der Waals surface area (Å²) in [7, 11) is 0. The first-order valence-electron chi connectivity index (χ1n) is 8.42. The van der Waals surface area contributed by atoms with Crippen molar-refractivity contribution in [2.45, 2.75) is 72.6 Å². The van der Waals surface area contributed by atoms with Crippen LogP contribution in [0.15, 0.2) is 0 Å². The number of fused-ring (bicyclic) bond motifs is 2. The lowest BCUT2D eigenvalue weighted by molar-refractivity contribution is -0.124. The predicted octanol–water partition coefficient (Wildman–Crippen LogP) is 4.84. The zero-order chi connectivity index (χ0) is 13.8. The van der Waals surface area contributed by atoms with Crippen molar-refractivity contribution in [1.82, 2.24) is 0 Å². The van der Waals surface area contributed by atoms with Crippen LogP contribution in [0.5, 0.6) is 0 Å². The van der Waals surface area contributed by atoms with Crippen LogP contribution >= 0.6 is 0 Å². The summed E-state index contributed by atoms with van der Waals surface area (Å²) in [5.41, 5.74) is 0.990. The minimum absolute atomic E-state index is 0.493. The van der Waals surface area contributed by atoms with Crippen LogP contribution in [0.2, 0.25) is 0 Å². The molecule has 3 rings (SSSR count). The van der Waals surface area contributed by atoms with E-state index in [9.17, 15) is 4.79 Å². The minimum atomic E-state index is 0.493. The first kappa shape index (κ1) is 13.6. The van der Waals surface area contributed by atoms with Crippen molar-refractivity contribution in [2.24, 2.45) is 34.5 Å². The third kappa shape index (κ3) is 1.76. The Morgan fingerprint density at radius 2 is 1.95 bits per heavy atom. The van der Waals surface area contributed by atoms with Crippen molar-refractivity contribution in [3.05, 3.63) is 0 Å². The fraction of sp³-hybridized carbons (Fsp3) is 0.944. The molecule has 3 fully saturated rings. The van der Waals surface area contributed by atoms with Gasteiger partial charge in [0.25, 0.3) is 0 Å². The van der Waals surface area contributed by atoms with Gasteiger partial charge in [-0.25, -0.2) is 0 Å². The van der Waals surface area contributed by atoms with Crippen molar-refractivity contribution in [3.8, 4) is 0 Å². The van der Waals surface area contributed by atoms with Gasteiger partial charge >= 0.3 is 0 Å². The number of carbonyl (C=O) groups excluding carboxylic acids is 1. The Kier molecular flexibility index (Phi) is 3.11. The third-order valence-electron chi connectivity index (χ3n) is 7.77. The zero-order valence-corrected chi connectivity index (χ0v) is 13.2. The molecule has 0 spiro atoms. The van der Waals surface area contributed by atoms with Gasteiger partial charge in [0.05, 0.1) is 0 Å². The lowest BCUT2D eigenvalue weighted by Gasteiger charge is -2.46. The second-order valence-electron chi connectivity index (χ2n) is 8.33. The topological polar surface area (TPSA) is 17.1 Å². The molecule has 1 heteroatoms. The van der Waals surface area contributed by atoms with Crippen LogP contribution in [0, 0.1) is 34.5 Å². The molecule has 0 N–H and O–H groups in total. The molecule has 0 aromatic heterocycles. The summed E-state index contributed by atoms with van der Waals surface area (Å²) in [6.45, 7) is 9.86. The molecule has 19 heavy (non-hydrogen) atoms. The van der Waals surface area contributed by atoms with Gasteiger partial charge in [-0.05, 0) is 60.2 Å². The van der Waals surface area contributed by atoms with Crippen molar-refractivity contribution < 1.29 is 4.79 Å². The van der Waals surface area contributed by atoms with Gasteiger partial charge in [0.2, 0.25) is 0 Å². The van der Waals surface area contributed by atoms with E-state index < -0.39 is 0 Å². The fourth-order valence-corrected chi connectivity index (χ4v) is 5.98. The molecule has 5 atom stereocenters. The molecule has 2 bridgehead atoms. The van der Waals surface area contributed by atoms with E-state index in [0.29, 0.717) is 22.5 Å². The number of carbonyl (C=O) groups is 1. The molecule has 0 radical (unpaired) electrons. The van der Waals surface area contributed by atoms with E-state index in [1.807, 2.05) is 0 Å². The first-order chi connectivity index (χ1) is 8.90. The van der Waals surface area contributed by atoms with Crippen LogP contribution in [0.4, 0.5) is 0 Å². The maximum absolute atomic E-state index is 12.0. The minimum Gasteiger partial charge on any atom is -0.300 e. The second-order valence-corrected chi connectivity index (χ2v) is 8.33. The molecule has 0 saturated heterocycles. The first-order valence-corrected chi connectivity index (χ1v) is 8.42. The van der Waals surface area contributed by atoms with Gasteiger partial charge in [-0.15, -0.1) is 0 Å². The van der Waals surface area contributed by atoms with Gasteiger partial charge < -0.3 is 0 Å². The van der Waals surface area contributed by atoms with Crippen molar-refractivity contribution >= 4 is 5.78 Å². The average molecular weight is 262 g/mol. The summed E-state index contributed by atoms with van der Waals surface area (Å²) in [5, 5.41) is 0. The number of ketones is 1. The fourth-order valence-electron chi connectivity index (χ4n) is 5.98. The van der Waals surface area contributed by atoms with Crippen LogP contribution in [0.1, 0.15) is 72.6 Å². The van der Waals surface area contributed by atoms with Gasteiger partial charge in [0, 0.05) is 12.8 Å². The van der Waals surface area contributed by atoms with Crippen molar-refractivity contribution in [2.75, 3.05) is 0 Å². The Labute approximate surface area is 118 Å². The Morgan fingerprint density at radius 3 is 2.47 bits per heavy atom. The molecule has 1 nitrogen and oxygen atoms in total. The summed E-state index contributed by atoms with van der Waals surface area (Å²) < 4.78 is 0. The average Bonchev–Trinajstić information content (AvgIpc) is 2.71. The van der Waals surface area contributed by atoms with E-state index >= 15 is 0 Å². The molecular formula is C18H30O. The summed E-state index contributed by atoms with van der Waals surface area (Å²) in [5.74, 6) is 3.78.